The molecule has 3 heteroatoms. The maximum absolute atomic E-state index is 9.12. The molecule has 0 unspecified atom stereocenters. The molecule has 17 heavy (non-hydrogen) atoms. The fourth-order valence-corrected chi connectivity index (χ4v) is 1.21. The molecule has 0 heterocycles. The number of ether oxygens (including phenoxy) is 2. The van der Waals surface area contributed by atoms with Crippen molar-refractivity contribution >= 4 is 0 Å². The molecule has 0 aromatic heterocycles. The van der Waals surface area contributed by atoms with E-state index in [0.717, 1.165) is 11.5 Å². The van der Waals surface area contributed by atoms with Crippen LogP contribution in [-0.2, 0) is 0 Å². The Bertz CT molecular complexity index is 328. The Morgan fingerprint density at radius 3 is 2.12 bits per heavy atom. The van der Waals surface area contributed by atoms with Gasteiger partial charge in [0.15, 0.2) is 0 Å². The van der Waals surface area contributed by atoms with Crippen molar-refractivity contribution in [1.82, 2.24) is 0 Å². The van der Waals surface area contributed by atoms with Crippen LogP contribution in [0.15, 0.2) is 24.3 Å². The lowest BCUT2D eigenvalue weighted by molar-refractivity contribution is 0.0975. The molecule has 1 N–H and O–H groups in total. The average Bonchev–Trinajstić information content (AvgIpc) is 2.28. The van der Waals surface area contributed by atoms with Crippen LogP contribution in [-0.4, -0.2) is 24.4 Å². The minimum absolute atomic E-state index is 0.113. The minimum Gasteiger partial charge on any atom is -0.493 e. The van der Waals surface area contributed by atoms with Crippen molar-refractivity contribution in [1.29, 1.82) is 0 Å². The third-order valence-corrected chi connectivity index (χ3v) is 2.25. The first-order chi connectivity index (χ1) is 7.93. The predicted octanol–water partition coefficient (Wildman–Crippen LogP) is 2.87. The van der Waals surface area contributed by atoms with E-state index in [-0.39, 0.29) is 18.1 Å². The van der Waals surface area contributed by atoms with E-state index >= 15 is 0 Å². The summed E-state index contributed by atoms with van der Waals surface area (Å²) in [4.78, 5) is 0. The molecule has 0 fully saturated rings. The molecule has 1 aromatic rings. The van der Waals surface area contributed by atoms with Crippen LogP contribution in [0.2, 0.25) is 0 Å². The second kappa shape index (κ2) is 5.92. The van der Waals surface area contributed by atoms with Crippen molar-refractivity contribution in [3.05, 3.63) is 24.3 Å². The first kappa shape index (κ1) is 13.8. The fraction of sp³-hybridized carbons (Fsp3) is 0.571. The van der Waals surface area contributed by atoms with Gasteiger partial charge >= 0.3 is 0 Å². The lowest BCUT2D eigenvalue weighted by Gasteiger charge is -2.21. The second-order valence-corrected chi connectivity index (χ2v) is 5.25. The molecule has 0 bridgehead atoms. The normalized spacial score (nSPS) is 11.6. The smallest absolute Gasteiger partial charge is 0.119 e. The molecule has 0 aliphatic heterocycles. The fourth-order valence-electron chi connectivity index (χ4n) is 1.21. The number of hydrogen-bond acceptors (Lipinski definition) is 3. The number of hydrogen-bond donors (Lipinski definition) is 1. The van der Waals surface area contributed by atoms with Gasteiger partial charge in [-0.1, -0.05) is 13.8 Å². The van der Waals surface area contributed by atoms with Crippen molar-refractivity contribution < 1.29 is 14.6 Å². The van der Waals surface area contributed by atoms with Crippen LogP contribution in [0.5, 0.6) is 11.5 Å². The van der Waals surface area contributed by atoms with Gasteiger partial charge in [-0.15, -0.1) is 0 Å². The minimum atomic E-state index is -0.215. The van der Waals surface area contributed by atoms with Crippen molar-refractivity contribution in [3.63, 3.8) is 0 Å². The SMILES string of the molecule is CC(C)Oc1ccc(OCC(C)(C)CO)cc1. The van der Waals surface area contributed by atoms with Crippen molar-refractivity contribution in [2.75, 3.05) is 13.2 Å². The van der Waals surface area contributed by atoms with E-state index in [4.69, 9.17) is 14.6 Å². The van der Waals surface area contributed by atoms with Gasteiger partial charge in [-0.3, -0.25) is 0 Å². The Morgan fingerprint density at radius 1 is 1.12 bits per heavy atom. The monoisotopic (exact) mass is 238 g/mol. The molecule has 0 saturated heterocycles. The lowest BCUT2D eigenvalue weighted by Crippen LogP contribution is -2.25. The third-order valence-electron chi connectivity index (χ3n) is 2.25. The van der Waals surface area contributed by atoms with Crippen LogP contribution in [0.3, 0.4) is 0 Å². The maximum Gasteiger partial charge on any atom is 0.119 e. The van der Waals surface area contributed by atoms with Gasteiger partial charge in [-0.2, -0.15) is 0 Å². The van der Waals surface area contributed by atoms with Gasteiger partial charge in [0.2, 0.25) is 0 Å². The highest BCUT2D eigenvalue weighted by atomic mass is 16.5. The number of aliphatic hydroxyl groups is 1. The molecular formula is C14H22O3. The Balaban J connectivity index is 2.51. The first-order valence-corrected chi connectivity index (χ1v) is 5.93. The van der Waals surface area contributed by atoms with E-state index in [1.807, 2.05) is 52.0 Å². The van der Waals surface area contributed by atoms with Gasteiger partial charge in [0, 0.05) is 5.41 Å². The van der Waals surface area contributed by atoms with Crippen LogP contribution in [0, 0.1) is 5.41 Å². The standard InChI is InChI=1S/C14H22O3/c1-11(2)17-13-7-5-12(6-8-13)16-10-14(3,4)9-15/h5-8,11,15H,9-10H2,1-4H3. The zero-order valence-corrected chi connectivity index (χ0v) is 11.1. The van der Waals surface area contributed by atoms with E-state index < -0.39 is 0 Å². The summed E-state index contributed by atoms with van der Waals surface area (Å²) < 4.78 is 11.1. The topological polar surface area (TPSA) is 38.7 Å². The largest absolute Gasteiger partial charge is 0.493 e. The maximum atomic E-state index is 9.12. The molecule has 1 rings (SSSR count). The molecule has 0 radical (unpaired) electrons. The Morgan fingerprint density at radius 2 is 1.65 bits per heavy atom. The van der Waals surface area contributed by atoms with Gasteiger partial charge < -0.3 is 14.6 Å². The van der Waals surface area contributed by atoms with E-state index in [0.29, 0.717) is 6.61 Å². The highest BCUT2D eigenvalue weighted by Crippen LogP contribution is 2.21. The molecule has 0 saturated carbocycles. The van der Waals surface area contributed by atoms with Gasteiger partial charge in [0.1, 0.15) is 11.5 Å². The summed E-state index contributed by atoms with van der Waals surface area (Å²) in [6.45, 7) is 8.52. The van der Waals surface area contributed by atoms with E-state index in [1.54, 1.807) is 0 Å². The van der Waals surface area contributed by atoms with Crippen LogP contribution < -0.4 is 9.47 Å². The van der Waals surface area contributed by atoms with E-state index in [1.165, 1.54) is 0 Å². The summed E-state index contributed by atoms with van der Waals surface area (Å²) >= 11 is 0. The van der Waals surface area contributed by atoms with Gasteiger partial charge in [0.05, 0.1) is 19.3 Å². The molecule has 96 valence electrons. The molecule has 0 amide bonds. The lowest BCUT2D eigenvalue weighted by atomic mass is 9.97. The summed E-state index contributed by atoms with van der Waals surface area (Å²) in [5.41, 5.74) is -0.215. The molecule has 0 aliphatic rings. The average molecular weight is 238 g/mol. The van der Waals surface area contributed by atoms with Crippen LogP contribution >= 0.6 is 0 Å². The van der Waals surface area contributed by atoms with Crippen LogP contribution in [0.1, 0.15) is 27.7 Å². The summed E-state index contributed by atoms with van der Waals surface area (Å²) in [7, 11) is 0. The van der Waals surface area contributed by atoms with Gasteiger partial charge in [-0.25, -0.2) is 0 Å². The first-order valence-electron chi connectivity index (χ1n) is 5.93. The summed E-state index contributed by atoms with van der Waals surface area (Å²) in [6.07, 6.45) is 0.176. The molecule has 0 aliphatic carbocycles. The van der Waals surface area contributed by atoms with E-state index in [2.05, 4.69) is 0 Å². The summed E-state index contributed by atoms with van der Waals surface area (Å²) in [6, 6.07) is 7.54. The zero-order valence-electron chi connectivity index (χ0n) is 11.1. The molecule has 0 spiro atoms. The van der Waals surface area contributed by atoms with Crippen molar-refractivity contribution in [3.8, 4) is 11.5 Å². The van der Waals surface area contributed by atoms with E-state index in [9.17, 15) is 0 Å². The number of benzene rings is 1. The van der Waals surface area contributed by atoms with Crippen LogP contribution in [0.25, 0.3) is 0 Å². The number of aliphatic hydroxyl groups excluding tert-OH is 1. The molecular weight excluding hydrogens is 216 g/mol. The summed E-state index contributed by atoms with van der Waals surface area (Å²) in [5, 5.41) is 9.12. The predicted molar refractivity (Wildman–Crippen MR) is 68.6 cm³/mol. The Hall–Kier alpha value is -1.22. The number of rotatable bonds is 6. The third kappa shape index (κ3) is 5.09. The Labute approximate surface area is 103 Å². The van der Waals surface area contributed by atoms with Crippen molar-refractivity contribution in [2.45, 2.75) is 33.8 Å². The Kier molecular flexibility index (Phi) is 4.82. The quantitative estimate of drug-likeness (QED) is 0.828. The molecule has 0 atom stereocenters. The van der Waals surface area contributed by atoms with Gasteiger partial charge in [0.25, 0.3) is 0 Å². The van der Waals surface area contributed by atoms with Crippen LogP contribution in [0.4, 0.5) is 0 Å². The summed E-state index contributed by atoms with van der Waals surface area (Å²) in [5.74, 6) is 1.64. The zero-order chi connectivity index (χ0) is 12.9. The van der Waals surface area contributed by atoms with Crippen molar-refractivity contribution in [2.24, 2.45) is 5.41 Å². The molecule has 1 aromatic carbocycles. The molecule has 3 nitrogen and oxygen atoms in total. The highest BCUT2D eigenvalue weighted by Gasteiger charge is 2.17. The highest BCUT2D eigenvalue weighted by molar-refractivity contribution is 5.31. The van der Waals surface area contributed by atoms with Gasteiger partial charge in [-0.05, 0) is 38.1 Å². The second-order valence-electron chi connectivity index (χ2n) is 5.25.